The van der Waals surface area contributed by atoms with Crippen LogP contribution in [0.5, 0.6) is 0 Å². The van der Waals surface area contributed by atoms with Crippen LogP contribution in [0.25, 0.3) is 0 Å². The van der Waals surface area contributed by atoms with Crippen molar-refractivity contribution >= 4 is 17.7 Å². The molecule has 0 aliphatic heterocycles. The summed E-state index contributed by atoms with van der Waals surface area (Å²) in [5.74, 6) is -2.79. The Bertz CT molecular complexity index is 1340. The van der Waals surface area contributed by atoms with Gasteiger partial charge in [-0.25, -0.2) is 9.59 Å². The number of rotatable bonds is 6. The molecule has 0 atom stereocenters. The Morgan fingerprint density at radius 2 is 1.21 bits per heavy atom. The van der Waals surface area contributed by atoms with Gasteiger partial charge in [-0.1, -0.05) is 36.4 Å². The van der Waals surface area contributed by atoms with E-state index in [0.29, 0.717) is 24.1 Å². The fourth-order valence-electron chi connectivity index (χ4n) is 4.27. The molecule has 0 spiro atoms. The summed E-state index contributed by atoms with van der Waals surface area (Å²) in [7, 11) is 0. The van der Waals surface area contributed by atoms with Crippen LogP contribution in [-0.2, 0) is 28.2 Å². The van der Waals surface area contributed by atoms with Gasteiger partial charge in [-0.05, 0) is 54.8 Å². The number of Topliss-reactive ketones (excluding diaryl/α,β-unsaturated/α-hetero) is 1. The lowest BCUT2D eigenvalue weighted by Crippen LogP contribution is -2.45. The smallest absolute Gasteiger partial charge is 0.416 e. The molecule has 39 heavy (non-hydrogen) atoms. The average molecular weight is 550 g/mol. The Labute approximate surface area is 218 Å². The number of hydrogen-bond donors (Lipinski definition) is 0. The van der Waals surface area contributed by atoms with Gasteiger partial charge in [0.25, 0.3) is 0 Å². The minimum Gasteiger partial charge on any atom is -0.461 e. The number of ether oxygens (including phenoxy) is 2. The predicted octanol–water partition coefficient (Wildman–Crippen LogP) is 6.55. The maximum Gasteiger partial charge on any atom is 0.416 e. The van der Waals surface area contributed by atoms with Gasteiger partial charge in [0.2, 0.25) is 0 Å². The van der Waals surface area contributed by atoms with Crippen molar-refractivity contribution in [2.24, 2.45) is 5.41 Å². The van der Waals surface area contributed by atoms with Crippen molar-refractivity contribution in [2.75, 3.05) is 13.2 Å². The Morgan fingerprint density at radius 1 is 0.718 bits per heavy atom. The molecular formula is C28H20F6O5. The molecule has 0 saturated carbocycles. The number of fused-ring (bicyclic) bond motifs is 1. The molecule has 3 aromatic carbocycles. The molecule has 0 heterocycles. The van der Waals surface area contributed by atoms with Gasteiger partial charge in [0.05, 0.1) is 22.3 Å². The molecule has 1 aliphatic rings. The maximum absolute atomic E-state index is 13.5. The molecule has 0 N–H and O–H groups in total. The fraction of sp³-hybridized carbons (Fsp3) is 0.250. The van der Waals surface area contributed by atoms with Crippen LogP contribution in [0.3, 0.4) is 0 Å². The molecule has 0 amide bonds. The first-order valence-corrected chi connectivity index (χ1v) is 11.6. The third kappa shape index (κ3) is 6.13. The summed E-state index contributed by atoms with van der Waals surface area (Å²) in [5.41, 5.74) is -3.55. The molecule has 5 nitrogen and oxygen atoms in total. The SMILES string of the molecule is O=C(OCC1(COC(=O)c2cccc(C(F)(F)F)c2)CCc2ccccc2C1=O)c1cccc(C(F)(F)F)c1. The standard InChI is InChI=1S/C28H20F6O5/c29-27(30,31)20-8-3-6-18(13-20)24(36)38-15-26(12-11-17-5-1-2-10-22(17)23(26)35)16-39-25(37)19-7-4-9-21(14-19)28(32,33)34/h1-10,13-14H,11-12,15-16H2. The second-order valence-electron chi connectivity index (χ2n) is 9.08. The summed E-state index contributed by atoms with van der Waals surface area (Å²) in [6, 6.07) is 13.7. The number of carbonyl (C=O) groups excluding carboxylic acids is 3. The summed E-state index contributed by atoms with van der Waals surface area (Å²) < 4.78 is 88.9. The highest BCUT2D eigenvalue weighted by Crippen LogP contribution is 2.37. The van der Waals surface area contributed by atoms with Gasteiger partial charge >= 0.3 is 24.3 Å². The summed E-state index contributed by atoms with van der Waals surface area (Å²) in [4.78, 5) is 38.8. The third-order valence-electron chi connectivity index (χ3n) is 6.43. The van der Waals surface area contributed by atoms with E-state index < -0.39 is 71.0 Å². The van der Waals surface area contributed by atoms with E-state index in [1.165, 1.54) is 6.07 Å². The highest BCUT2D eigenvalue weighted by molar-refractivity contribution is 6.03. The minimum absolute atomic E-state index is 0.0502. The molecule has 11 heteroatoms. The van der Waals surface area contributed by atoms with E-state index in [1.54, 1.807) is 18.2 Å². The molecule has 0 saturated heterocycles. The quantitative estimate of drug-likeness (QED) is 0.257. The zero-order valence-electron chi connectivity index (χ0n) is 20.1. The van der Waals surface area contributed by atoms with Crippen molar-refractivity contribution in [3.63, 3.8) is 0 Å². The van der Waals surface area contributed by atoms with Crippen LogP contribution in [0.1, 0.15) is 54.2 Å². The molecule has 0 radical (unpaired) electrons. The fourth-order valence-corrected chi connectivity index (χ4v) is 4.27. The second kappa shape index (κ2) is 10.5. The monoisotopic (exact) mass is 550 g/mol. The van der Waals surface area contributed by atoms with Gasteiger partial charge in [0, 0.05) is 5.56 Å². The largest absolute Gasteiger partial charge is 0.461 e. The molecule has 3 aromatic rings. The van der Waals surface area contributed by atoms with E-state index in [-0.39, 0.29) is 12.0 Å². The van der Waals surface area contributed by atoms with E-state index in [2.05, 4.69) is 0 Å². The first-order chi connectivity index (χ1) is 18.3. The number of benzene rings is 3. The number of esters is 2. The van der Waals surface area contributed by atoms with Gasteiger partial charge in [0.1, 0.15) is 18.6 Å². The zero-order valence-corrected chi connectivity index (χ0v) is 20.1. The van der Waals surface area contributed by atoms with Crippen molar-refractivity contribution in [3.05, 3.63) is 106 Å². The second-order valence-corrected chi connectivity index (χ2v) is 9.08. The molecule has 0 bridgehead atoms. The van der Waals surface area contributed by atoms with Crippen LogP contribution in [0.15, 0.2) is 72.8 Å². The Hall–Kier alpha value is -4.15. The molecular weight excluding hydrogens is 530 g/mol. The van der Waals surface area contributed by atoms with Crippen LogP contribution < -0.4 is 0 Å². The summed E-state index contributed by atoms with van der Waals surface area (Å²) >= 11 is 0. The van der Waals surface area contributed by atoms with Crippen molar-refractivity contribution in [2.45, 2.75) is 25.2 Å². The minimum atomic E-state index is -4.70. The summed E-state index contributed by atoms with van der Waals surface area (Å²) in [6.45, 7) is -1.27. The van der Waals surface area contributed by atoms with Gasteiger partial charge < -0.3 is 9.47 Å². The van der Waals surface area contributed by atoms with E-state index in [4.69, 9.17) is 9.47 Å². The molecule has 4 rings (SSSR count). The lowest BCUT2D eigenvalue weighted by Gasteiger charge is -2.35. The van der Waals surface area contributed by atoms with Crippen molar-refractivity contribution < 1.29 is 50.2 Å². The summed E-state index contributed by atoms with van der Waals surface area (Å²) in [5, 5.41) is 0. The molecule has 0 fully saturated rings. The van der Waals surface area contributed by atoms with Crippen LogP contribution in [-0.4, -0.2) is 30.9 Å². The number of alkyl halides is 6. The van der Waals surface area contributed by atoms with Crippen LogP contribution in [0.4, 0.5) is 26.3 Å². The Kier molecular flexibility index (Phi) is 7.54. The first-order valence-electron chi connectivity index (χ1n) is 11.6. The van der Waals surface area contributed by atoms with Crippen molar-refractivity contribution in [1.82, 2.24) is 0 Å². The van der Waals surface area contributed by atoms with E-state index in [9.17, 15) is 40.7 Å². The van der Waals surface area contributed by atoms with Gasteiger partial charge in [-0.15, -0.1) is 0 Å². The van der Waals surface area contributed by atoms with Gasteiger partial charge in [0.15, 0.2) is 5.78 Å². The number of carbonyl (C=O) groups is 3. The van der Waals surface area contributed by atoms with E-state index in [0.717, 1.165) is 36.4 Å². The van der Waals surface area contributed by atoms with E-state index >= 15 is 0 Å². The van der Waals surface area contributed by atoms with Gasteiger partial charge in [-0.3, -0.25) is 4.79 Å². The topological polar surface area (TPSA) is 69.7 Å². The number of hydrogen-bond acceptors (Lipinski definition) is 5. The maximum atomic E-state index is 13.5. The highest BCUT2D eigenvalue weighted by Gasteiger charge is 2.45. The highest BCUT2D eigenvalue weighted by atomic mass is 19.4. The van der Waals surface area contributed by atoms with Crippen LogP contribution in [0, 0.1) is 5.41 Å². The van der Waals surface area contributed by atoms with Crippen LogP contribution in [0.2, 0.25) is 0 Å². The lowest BCUT2D eigenvalue weighted by molar-refractivity contribution is -0.138. The molecule has 1 aliphatic carbocycles. The number of aryl methyl sites for hydroxylation is 1. The average Bonchev–Trinajstić information content (AvgIpc) is 2.91. The lowest BCUT2D eigenvalue weighted by atomic mass is 9.71. The third-order valence-corrected chi connectivity index (χ3v) is 6.43. The van der Waals surface area contributed by atoms with Crippen molar-refractivity contribution in [1.29, 1.82) is 0 Å². The Morgan fingerprint density at radius 3 is 1.69 bits per heavy atom. The Balaban J connectivity index is 1.57. The van der Waals surface area contributed by atoms with Crippen LogP contribution >= 0.6 is 0 Å². The zero-order chi connectivity index (χ0) is 28.4. The first kappa shape index (κ1) is 27.9. The molecule has 0 aromatic heterocycles. The summed E-state index contributed by atoms with van der Waals surface area (Å²) in [6.07, 6.45) is -9.02. The predicted molar refractivity (Wildman–Crippen MR) is 125 cm³/mol. The van der Waals surface area contributed by atoms with Crippen molar-refractivity contribution in [3.8, 4) is 0 Å². The number of halogens is 6. The van der Waals surface area contributed by atoms with Gasteiger partial charge in [-0.2, -0.15) is 26.3 Å². The van der Waals surface area contributed by atoms with E-state index in [1.807, 2.05) is 0 Å². The number of ketones is 1. The molecule has 204 valence electrons. The molecule has 0 unspecified atom stereocenters. The normalized spacial score (nSPS) is 14.9.